The first-order chi connectivity index (χ1) is 17.3. The van der Waals surface area contributed by atoms with E-state index in [2.05, 4.69) is 41.4 Å². The van der Waals surface area contributed by atoms with E-state index in [1.165, 1.54) is 11.3 Å². The van der Waals surface area contributed by atoms with Crippen molar-refractivity contribution in [2.45, 2.75) is 86.6 Å². The Balaban J connectivity index is 0.000000850. The number of benzene rings is 1. The largest absolute Gasteiger partial charge is 0.465 e. The van der Waals surface area contributed by atoms with E-state index < -0.39 is 6.09 Å². The van der Waals surface area contributed by atoms with Crippen LogP contribution < -0.4 is 4.90 Å². The highest BCUT2D eigenvalue weighted by molar-refractivity contribution is 5.84. The summed E-state index contributed by atoms with van der Waals surface area (Å²) in [6.45, 7) is 13.7. The molecule has 2 aromatic heterocycles. The molecule has 2 atom stereocenters. The summed E-state index contributed by atoms with van der Waals surface area (Å²) < 4.78 is 7.47. The van der Waals surface area contributed by atoms with Gasteiger partial charge in [0.05, 0.1) is 23.1 Å². The zero-order valence-corrected chi connectivity index (χ0v) is 22.8. The molecule has 1 aliphatic carbocycles. The van der Waals surface area contributed by atoms with Gasteiger partial charge in [-0.25, -0.2) is 14.7 Å². The highest BCUT2D eigenvalue weighted by Gasteiger charge is 2.35. The summed E-state index contributed by atoms with van der Waals surface area (Å²) in [5.41, 5.74) is 3.62. The Morgan fingerprint density at radius 3 is 2.64 bits per heavy atom. The van der Waals surface area contributed by atoms with Crippen molar-refractivity contribution in [2.75, 3.05) is 11.4 Å². The topological polar surface area (TPSA) is 84.4 Å². The Bertz CT molecular complexity index is 1140. The predicted octanol–water partition coefficient (Wildman–Crippen LogP) is 7.39. The number of carbonyl (C=O) groups is 1. The Morgan fingerprint density at radius 2 is 2.03 bits per heavy atom. The number of nitrogens with zero attached hydrogens (tertiary/aromatic N) is 4. The van der Waals surface area contributed by atoms with E-state index in [9.17, 15) is 9.90 Å². The molecule has 0 spiro atoms. The molecule has 3 aromatic rings. The van der Waals surface area contributed by atoms with Crippen molar-refractivity contribution in [3.8, 4) is 12.3 Å². The second-order valence-corrected chi connectivity index (χ2v) is 9.60. The molecule has 0 saturated heterocycles. The summed E-state index contributed by atoms with van der Waals surface area (Å²) in [6.07, 6.45) is 12.5. The second kappa shape index (κ2) is 13.7. The molecule has 0 bridgehead atoms. The van der Waals surface area contributed by atoms with Crippen molar-refractivity contribution >= 4 is 23.0 Å². The molecule has 1 aromatic carbocycles. The van der Waals surface area contributed by atoms with Crippen molar-refractivity contribution in [2.24, 2.45) is 11.3 Å². The van der Waals surface area contributed by atoms with Gasteiger partial charge in [-0.05, 0) is 55.2 Å². The highest BCUT2D eigenvalue weighted by atomic mass is 16.5. The lowest BCUT2D eigenvalue weighted by Crippen LogP contribution is -2.39. The monoisotopic (exact) mass is 494 g/mol. The summed E-state index contributed by atoms with van der Waals surface area (Å²) >= 11 is 0. The fraction of sp³-hybridized carbons (Fsp3) is 0.552. The van der Waals surface area contributed by atoms with Crippen molar-refractivity contribution in [3.63, 3.8) is 0 Å². The summed E-state index contributed by atoms with van der Waals surface area (Å²) in [6, 6.07) is 7.59. The maximum atomic E-state index is 11.9. The van der Waals surface area contributed by atoms with E-state index in [4.69, 9.17) is 10.9 Å². The smallest absolute Gasteiger partial charge is 0.414 e. The minimum Gasteiger partial charge on any atom is -0.465 e. The number of hydrogen-bond donors (Lipinski definition) is 1. The van der Waals surface area contributed by atoms with Gasteiger partial charge in [0.1, 0.15) is 0 Å². The van der Waals surface area contributed by atoms with Crippen molar-refractivity contribution in [3.05, 3.63) is 41.9 Å². The molecule has 0 radical (unpaired) electrons. The molecular formula is C29H42N4O3. The zero-order chi connectivity index (χ0) is 26.7. The minimum atomic E-state index is -1.01. The maximum absolute atomic E-state index is 11.9. The quantitative estimate of drug-likeness (QED) is 0.361. The Hall–Kier alpha value is -3.27. The van der Waals surface area contributed by atoms with Crippen molar-refractivity contribution in [1.82, 2.24) is 14.7 Å². The van der Waals surface area contributed by atoms with E-state index >= 15 is 0 Å². The second-order valence-electron chi connectivity index (χ2n) is 9.60. The average molecular weight is 495 g/mol. The Kier molecular flexibility index (Phi) is 11.0. The molecular weight excluding hydrogens is 452 g/mol. The number of terminal acetylenes is 1. The molecule has 1 aliphatic rings. The standard InChI is InChI=1S/C24H28N4O3.C3H8.C2H6/c1-4-17-8-9-20-21(11-17)27(16-25-20)15-24(3)10-6-7-18(13-24)14-28(23(29)30)22-12-19(5-2)26-31-22;1-3-2;1-2/h1,8-9,11-12,16,18H,5-7,10,13-15H2,2-3H3,(H,29,30);3H2,1-2H3;1-2H3. The fourth-order valence-electron chi connectivity index (χ4n) is 4.82. The third kappa shape index (κ3) is 7.36. The lowest BCUT2D eigenvalue weighted by atomic mass is 9.70. The van der Waals surface area contributed by atoms with Crippen LogP contribution in [0.25, 0.3) is 11.0 Å². The molecule has 0 aliphatic heterocycles. The number of carboxylic acid groups (broad SMARTS) is 1. The maximum Gasteiger partial charge on any atom is 0.414 e. The van der Waals surface area contributed by atoms with Gasteiger partial charge in [-0.15, -0.1) is 6.42 Å². The lowest BCUT2D eigenvalue weighted by Gasteiger charge is -2.39. The van der Waals surface area contributed by atoms with E-state index in [0.717, 1.165) is 54.5 Å². The van der Waals surface area contributed by atoms with Crippen LogP contribution in [0, 0.1) is 23.7 Å². The van der Waals surface area contributed by atoms with Crippen LogP contribution in [0.3, 0.4) is 0 Å². The summed E-state index contributed by atoms with van der Waals surface area (Å²) in [4.78, 5) is 17.7. The van der Waals surface area contributed by atoms with Gasteiger partial charge in [-0.1, -0.05) is 65.5 Å². The van der Waals surface area contributed by atoms with Crippen molar-refractivity contribution < 1.29 is 14.4 Å². The van der Waals surface area contributed by atoms with Crippen LogP contribution in [0.2, 0.25) is 0 Å². The van der Waals surface area contributed by atoms with Gasteiger partial charge in [-0.2, -0.15) is 0 Å². The molecule has 1 N–H and O–H groups in total. The predicted molar refractivity (Wildman–Crippen MR) is 146 cm³/mol. The molecule has 2 unspecified atom stereocenters. The van der Waals surface area contributed by atoms with Crippen LogP contribution >= 0.6 is 0 Å². The SMILES string of the molecule is C#Cc1ccc2ncn(CC3(C)CCCC(CN(C(=O)O)c4cc(CC)no4)C3)c2c1.CC.CCC. The third-order valence-electron chi connectivity index (χ3n) is 6.36. The molecule has 1 amide bonds. The van der Waals surface area contributed by atoms with Crippen LogP contribution in [-0.4, -0.2) is 32.5 Å². The van der Waals surface area contributed by atoms with Gasteiger partial charge >= 0.3 is 6.09 Å². The first kappa shape index (κ1) is 29.0. The molecule has 7 nitrogen and oxygen atoms in total. The molecule has 7 heteroatoms. The van der Waals surface area contributed by atoms with Gasteiger partial charge in [0.15, 0.2) is 0 Å². The molecule has 196 valence electrons. The summed E-state index contributed by atoms with van der Waals surface area (Å²) in [7, 11) is 0. The zero-order valence-electron chi connectivity index (χ0n) is 22.8. The van der Waals surface area contributed by atoms with Crippen LogP contribution in [0.1, 0.15) is 84.9 Å². The summed E-state index contributed by atoms with van der Waals surface area (Å²) in [5, 5.41) is 13.7. The molecule has 1 fully saturated rings. The number of fused-ring (bicyclic) bond motifs is 1. The molecule has 4 rings (SSSR count). The van der Waals surface area contributed by atoms with Crippen LogP contribution in [0.4, 0.5) is 10.7 Å². The van der Waals surface area contributed by atoms with E-state index in [1.807, 2.05) is 45.3 Å². The number of aryl methyl sites for hydroxylation is 1. The molecule has 1 saturated carbocycles. The van der Waals surface area contributed by atoms with Crippen LogP contribution in [0.15, 0.2) is 35.1 Å². The van der Waals surface area contributed by atoms with Crippen LogP contribution in [0.5, 0.6) is 0 Å². The highest BCUT2D eigenvalue weighted by Crippen LogP contribution is 2.41. The van der Waals surface area contributed by atoms with Crippen LogP contribution in [-0.2, 0) is 13.0 Å². The first-order valence-corrected chi connectivity index (χ1v) is 13.2. The molecule has 2 heterocycles. The van der Waals surface area contributed by atoms with Gasteiger partial charge in [-0.3, -0.25) is 0 Å². The first-order valence-electron chi connectivity index (χ1n) is 13.2. The van der Waals surface area contributed by atoms with E-state index in [0.29, 0.717) is 18.8 Å². The fourth-order valence-corrected chi connectivity index (χ4v) is 4.82. The number of anilines is 1. The summed E-state index contributed by atoms with van der Waals surface area (Å²) in [5.74, 6) is 3.25. The third-order valence-corrected chi connectivity index (χ3v) is 6.36. The number of rotatable bonds is 6. The van der Waals surface area contributed by atoms with Gasteiger partial charge in [0.2, 0.25) is 5.88 Å². The number of imidazole rings is 1. The normalized spacial score (nSPS) is 18.9. The number of amides is 1. The van der Waals surface area contributed by atoms with Crippen molar-refractivity contribution in [1.29, 1.82) is 0 Å². The minimum absolute atomic E-state index is 0.0445. The van der Waals surface area contributed by atoms with Gasteiger partial charge < -0.3 is 14.2 Å². The van der Waals surface area contributed by atoms with Gasteiger partial charge in [0, 0.05) is 24.7 Å². The Labute approximate surface area is 215 Å². The van der Waals surface area contributed by atoms with Gasteiger partial charge in [0.25, 0.3) is 0 Å². The Morgan fingerprint density at radius 1 is 1.31 bits per heavy atom. The lowest BCUT2D eigenvalue weighted by molar-refractivity contribution is 0.135. The van der Waals surface area contributed by atoms with E-state index in [1.54, 1.807) is 6.07 Å². The molecule has 36 heavy (non-hydrogen) atoms. The average Bonchev–Trinajstić information content (AvgIpc) is 3.51. The van der Waals surface area contributed by atoms with E-state index in [-0.39, 0.29) is 11.3 Å². The number of hydrogen-bond acceptors (Lipinski definition) is 4. The number of aromatic nitrogens is 3.